The summed E-state index contributed by atoms with van der Waals surface area (Å²) in [6.45, 7) is 3.58. The van der Waals surface area contributed by atoms with Gasteiger partial charge in [0.15, 0.2) is 6.29 Å². The van der Waals surface area contributed by atoms with E-state index >= 15 is 0 Å². The van der Waals surface area contributed by atoms with E-state index in [2.05, 4.69) is 19.2 Å². The molecule has 0 aromatic heterocycles. The fourth-order valence-corrected chi connectivity index (χ4v) is 7.55. The van der Waals surface area contributed by atoms with Crippen LogP contribution in [-0.4, -0.2) is 98.7 Å². The van der Waals surface area contributed by atoms with E-state index in [9.17, 15) is 35.4 Å². The molecule has 0 saturated carbocycles. The van der Waals surface area contributed by atoms with Gasteiger partial charge in [-0.25, -0.2) is 0 Å². The number of aliphatic hydroxyl groups excluding tert-OH is 6. The zero-order valence-electron chi connectivity index (χ0n) is 34.9. The molecule has 1 fully saturated rings. The van der Waals surface area contributed by atoms with Gasteiger partial charge in [-0.15, -0.1) is 0 Å². The van der Waals surface area contributed by atoms with Crippen molar-refractivity contribution in [1.29, 1.82) is 0 Å². The Morgan fingerprint density at radius 2 is 0.963 bits per heavy atom. The summed E-state index contributed by atoms with van der Waals surface area (Å²) in [5.41, 5.74) is 0. The van der Waals surface area contributed by atoms with Gasteiger partial charge in [0.1, 0.15) is 30.5 Å². The highest BCUT2D eigenvalue weighted by Gasteiger charge is 2.44. The van der Waals surface area contributed by atoms with Gasteiger partial charge in [-0.1, -0.05) is 194 Å². The summed E-state index contributed by atoms with van der Waals surface area (Å²) >= 11 is 0. The number of carbonyl (C=O) groups excluding carboxylic acids is 1. The van der Waals surface area contributed by atoms with Crippen LogP contribution in [0, 0.1) is 0 Å². The molecule has 1 aliphatic heterocycles. The predicted molar refractivity (Wildman–Crippen MR) is 218 cm³/mol. The average Bonchev–Trinajstić information content (AvgIpc) is 3.17. The van der Waals surface area contributed by atoms with Gasteiger partial charge < -0.3 is 45.4 Å². The van der Waals surface area contributed by atoms with Gasteiger partial charge in [0.25, 0.3) is 0 Å². The topological polar surface area (TPSA) is 169 Å². The smallest absolute Gasteiger partial charge is 0.220 e. The molecule has 0 aromatic rings. The maximum atomic E-state index is 13.0. The molecule has 0 spiro atoms. The maximum absolute atomic E-state index is 13.0. The van der Waals surface area contributed by atoms with Gasteiger partial charge in [0, 0.05) is 6.42 Å². The summed E-state index contributed by atoms with van der Waals surface area (Å²) in [5, 5.41) is 64.9. The summed E-state index contributed by atoms with van der Waals surface area (Å²) < 4.78 is 11.1. The summed E-state index contributed by atoms with van der Waals surface area (Å²) in [7, 11) is 0. The second kappa shape index (κ2) is 35.3. The molecule has 1 heterocycles. The fourth-order valence-electron chi connectivity index (χ4n) is 7.55. The molecular formula is C44H87NO9. The van der Waals surface area contributed by atoms with E-state index in [0.717, 1.165) is 44.9 Å². The predicted octanol–water partition coefficient (Wildman–Crippen LogP) is 8.14. The van der Waals surface area contributed by atoms with Gasteiger partial charge in [-0.05, 0) is 12.8 Å². The highest BCUT2D eigenvalue weighted by molar-refractivity contribution is 5.76. The molecule has 8 atom stereocenters. The van der Waals surface area contributed by atoms with Crippen LogP contribution in [0.1, 0.15) is 213 Å². The van der Waals surface area contributed by atoms with Crippen molar-refractivity contribution in [3.8, 4) is 0 Å². The molecule has 7 N–H and O–H groups in total. The van der Waals surface area contributed by atoms with Crippen LogP contribution in [0.4, 0.5) is 0 Å². The largest absolute Gasteiger partial charge is 0.394 e. The standard InChI is InChI=1S/C44H87NO9/c1-3-5-7-9-11-13-14-15-16-17-18-19-20-21-22-23-24-25-27-29-31-33-39(48)45-36(35-53-44-43(52)42(51)41(50)38(34-46)54-44)40(49)37(47)32-30-28-26-12-10-8-6-4-2/h36-38,40-44,46-47,49-52H,3-35H2,1-2H3,(H,45,48)/t36-,37+,38+,40-,41+,42?,43?,44+/m0/s1. The maximum Gasteiger partial charge on any atom is 0.220 e. The van der Waals surface area contributed by atoms with Crippen molar-refractivity contribution < 1.29 is 44.9 Å². The number of hydrogen-bond donors (Lipinski definition) is 7. The fraction of sp³-hybridized carbons (Fsp3) is 0.977. The van der Waals surface area contributed by atoms with Gasteiger partial charge in [-0.3, -0.25) is 4.79 Å². The highest BCUT2D eigenvalue weighted by Crippen LogP contribution is 2.23. The van der Waals surface area contributed by atoms with Gasteiger partial charge >= 0.3 is 0 Å². The molecule has 1 aliphatic rings. The first-order valence-corrected chi connectivity index (χ1v) is 22.8. The monoisotopic (exact) mass is 774 g/mol. The number of ether oxygens (including phenoxy) is 2. The lowest BCUT2D eigenvalue weighted by molar-refractivity contribution is -0.303. The lowest BCUT2D eigenvalue weighted by Crippen LogP contribution is -2.60. The third kappa shape index (κ3) is 25.4. The van der Waals surface area contributed by atoms with Crippen LogP contribution >= 0.6 is 0 Å². The number of hydrogen-bond acceptors (Lipinski definition) is 9. The Balaban J connectivity index is 2.29. The Morgan fingerprint density at radius 1 is 0.574 bits per heavy atom. The van der Waals surface area contributed by atoms with E-state index in [1.807, 2.05) is 0 Å². The first kappa shape index (κ1) is 51.2. The average molecular weight is 774 g/mol. The minimum atomic E-state index is -1.60. The van der Waals surface area contributed by atoms with E-state index in [-0.39, 0.29) is 18.9 Å². The molecular weight excluding hydrogens is 686 g/mol. The molecule has 0 bridgehead atoms. The van der Waals surface area contributed by atoms with Crippen molar-refractivity contribution >= 4 is 5.91 Å². The van der Waals surface area contributed by atoms with Crippen LogP contribution in [0.15, 0.2) is 0 Å². The van der Waals surface area contributed by atoms with Gasteiger partial charge in [-0.2, -0.15) is 0 Å². The number of carbonyl (C=O) groups is 1. The minimum absolute atomic E-state index is 0.256. The number of rotatable bonds is 38. The van der Waals surface area contributed by atoms with E-state index in [4.69, 9.17) is 9.47 Å². The molecule has 10 heteroatoms. The first-order valence-electron chi connectivity index (χ1n) is 22.8. The third-order valence-corrected chi connectivity index (χ3v) is 11.3. The van der Waals surface area contributed by atoms with Crippen molar-refractivity contribution in [3.63, 3.8) is 0 Å². The van der Waals surface area contributed by atoms with Crippen LogP contribution in [0.3, 0.4) is 0 Å². The number of aliphatic hydroxyl groups is 6. The summed E-state index contributed by atoms with van der Waals surface area (Å²) in [5.74, 6) is -0.256. The lowest BCUT2D eigenvalue weighted by Gasteiger charge is -2.40. The molecule has 322 valence electrons. The van der Waals surface area contributed by atoms with Crippen molar-refractivity contribution in [2.24, 2.45) is 0 Å². The van der Waals surface area contributed by atoms with E-state index in [1.165, 1.54) is 141 Å². The van der Waals surface area contributed by atoms with Crippen LogP contribution < -0.4 is 5.32 Å². The number of unbranched alkanes of at least 4 members (excludes halogenated alkanes) is 27. The van der Waals surface area contributed by atoms with Crippen molar-refractivity contribution in [2.75, 3.05) is 13.2 Å². The Hall–Kier alpha value is -0.850. The normalized spacial score (nSPS) is 22.0. The van der Waals surface area contributed by atoms with E-state index in [1.54, 1.807) is 0 Å². The van der Waals surface area contributed by atoms with Crippen LogP contribution in [0.5, 0.6) is 0 Å². The molecule has 1 amide bonds. The third-order valence-electron chi connectivity index (χ3n) is 11.3. The van der Waals surface area contributed by atoms with Crippen LogP contribution in [-0.2, 0) is 14.3 Å². The quantitative estimate of drug-likeness (QED) is 0.0306. The Bertz CT molecular complexity index is 834. The van der Waals surface area contributed by atoms with E-state index in [0.29, 0.717) is 6.42 Å². The molecule has 1 rings (SSSR count). The molecule has 0 radical (unpaired) electrons. The molecule has 10 nitrogen and oxygen atoms in total. The SMILES string of the molecule is CCCCCCCCCCCCCCCCCCCCCCCC(=O)N[C@@H](CO[C@@H]1O[C@H](CO)[C@@H](O)C(O)C1O)[C@H](O)[C@H](O)CCCCCCCCCC. The Morgan fingerprint density at radius 3 is 1.37 bits per heavy atom. The van der Waals surface area contributed by atoms with Crippen molar-refractivity contribution in [2.45, 2.75) is 262 Å². The van der Waals surface area contributed by atoms with Gasteiger partial charge in [0.05, 0.1) is 25.4 Å². The number of nitrogens with one attached hydrogen (secondary N) is 1. The lowest BCUT2D eigenvalue weighted by atomic mass is 9.98. The molecule has 54 heavy (non-hydrogen) atoms. The molecule has 1 saturated heterocycles. The van der Waals surface area contributed by atoms with Crippen molar-refractivity contribution in [1.82, 2.24) is 5.32 Å². The Labute approximate surface area is 330 Å². The molecule has 2 unspecified atom stereocenters. The molecule has 0 aliphatic carbocycles. The zero-order valence-corrected chi connectivity index (χ0v) is 34.9. The minimum Gasteiger partial charge on any atom is -0.394 e. The Kier molecular flexibility index (Phi) is 33.5. The first-order chi connectivity index (χ1) is 26.3. The summed E-state index contributed by atoms with van der Waals surface area (Å²) in [6.07, 6.45) is 27.1. The second-order valence-electron chi connectivity index (χ2n) is 16.3. The summed E-state index contributed by atoms with van der Waals surface area (Å²) in [6, 6.07) is -0.983. The van der Waals surface area contributed by atoms with Crippen LogP contribution in [0.25, 0.3) is 0 Å². The molecule has 0 aromatic carbocycles. The number of amides is 1. The van der Waals surface area contributed by atoms with Gasteiger partial charge in [0.2, 0.25) is 5.91 Å². The second-order valence-corrected chi connectivity index (χ2v) is 16.3. The summed E-state index contributed by atoms with van der Waals surface area (Å²) in [4.78, 5) is 13.0. The van der Waals surface area contributed by atoms with Crippen LogP contribution in [0.2, 0.25) is 0 Å². The zero-order chi connectivity index (χ0) is 39.7. The van der Waals surface area contributed by atoms with E-state index < -0.39 is 55.6 Å². The highest BCUT2D eigenvalue weighted by atomic mass is 16.7. The van der Waals surface area contributed by atoms with Crippen molar-refractivity contribution in [3.05, 3.63) is 0 Å².